The maximum absolute atomic E-state index is 12.0. The Morgan fingerprint density at radius 3 is 2.43 bits per heavy atom. The highest BCUT2D eigenvalue weighted by atomic mass is 16.5. The second-order valence-corrected chi connectivity index (χ2v) is 6.79. The molecule has 2 aromatic rings. The van der Waals surface area contributed by atoms with Crippen LogP contribution < -0.4 is 4.74 Å². The summed E-state index contributed by atoms with van der Waals surface area (Å²) in [6.45, 7) is 2.57. The van der Waals surface area contributed by atoms with Gasteiger partial charge in [0.05, 0.1) is 0 Å². The van der Waals surface area contributed by atoms with Crippen molar-refractivity contribution in [1.29, 1.82) is 0 Å². The van der Waals surface area contributed by atoms with E-state index >= 15 is 0 Å². The quantitative estimate of drug-likeness (QED) is 0.878. The molecule has 0 unspecified atom stereocenters. The smallest absolute Gasteiger partial charge is 0.126 e. The van der Waals surface area contributed by atoms with Gasteiger partial charge in [-0.1, -0.05) is 42.5 Å². The summed E-state index contributed by atoms with van der Waals surface area (Å²) in [6.07, 6.45) is 1.99. The van der Waals surface area contributed by atoms with Crippen molar-refractivity contribution in [3.8, 4) is 5.75 Å². The van der Waals surface area contributed by atoms with Crippen LogP contribution in [0.4, 0.5) is 0 Å². The number of nitrogens with zero attached hydrogens (tertiary/aromatic N) is 1. The fourth-order valence-electron chi connectivity index (χ4n) is 4.09. The number of ether oxygens (including phenoxy) is 1. The highest BCUT2D eigenvalue weighted by Crippen LogP contribution is 2.47. The molecule has 1 fully saturated rings. The lowest BCUT2D eigenvalue weighted by Gasteiger charge is -2.41. The molecule has 0 radical (unpaired) electrons. The Bertz CT molecular complexity index is 657. The summed E-state index contributed by atoms with van der Waals surface area (Å²) >= 11 is 0. The third-order valence-electron chi connectivity index (χ3n) is 5.42. The number of likely N-dealkylation sites (tertiary alicyclic amines) is 1. The summed E-state index contributed by atoms with van der Waals surface area (Å²) in [5.74, 6) is 1.02. The van der Waals surface area contributed by atoms with Crippen molar-refractivity contribution in [1.82, 2.24) is 4.90 Å². The maximum atomic E-state index is 12.0. The van der Waals surface area contributed by atoms with Crippen LogP contribution in [0, 0.1) is 5.92 Å². The van der Waals surface area contributed by atoms with Crippen LogP contribution in [-0.4, -0.2) is 30.1 Å². The highest BCUT2D eigenvalue weighted by Gasteiger charge is 2.45. The van der Waals surface area contributed by atoms with Gasteiger partial charge in [0.25, 0.3) is 0 Å². The van der Waals surface area contributed by atoms with Gasteiger partial charge in [-0.15, -0.1) is 0 Å². The number of fused-ring (bicyclic) bond motifs is 2. The van der Waals surface area contributed by atoms with Crippen LogP contribution in [0.2, 0.25) is 0 Å². The van der Waals surface area contributed by atoms with Crippen LogP contribution in [0.1, 0.15) is 29.5 Å². The lowest BCUT2D eigenvalue weighted by molar-refractivity contribution is -0.0113. The Balaban J connectivity index is 1.89. The van der Waals surface area contributed by atoms with Gasteiger partial charge in [0.1, 0.15) is 18.0 Å². The monoisotopic (exact) mass is 309 g/mol. The molecule has 0 saturated carbocycles. The molecule has 0 aromatic heterocycles. The van der Waals surface area contributed by atoms with Crippen molar-refractivity contribution in [3.05, 3.63) is 65.2 Å². The van der Waals surface area contributed by atoms with Gasteiger partial charge in [-0.3, -0.25) is 0 Å². The number of benzene rings is 2. The number of aliphatic hydroxyl groups is 1. The second-order valence-electron chi connectivity index (χ2n) is 6.79. The lowest BCUT2D eigenvalue weighted by atomic mass is 9.71. The van der Waals surface area contributed by atoms with Crippen molar-refractivity contribution in [3.63, 3.8) is 0 Å². The molecule has 0 bridgehead atoms. The van der Waals surface area contributed by atoms with Crippen LogP contribution in [0.15, 0.2) is 48.5 Å². The molecule has 3 heteroatoms. The molecule has 0 aliphatic carbocycles. The number of piperidine rings is 1. The molecule has 2 heterocycles. The number of para-hydroxylation sites is 1. The molecule has 1 atom stereocenters. The van der Waals surface area contributed by atoms with Crippen LogP contribution in [0.3, 0.4) is 0 Å². The molecule has 0 spiro atoms. The van der Waals surface area contributed by atoms with Gasteiger partial charge in [0.15, 0.2) is 0 Å². The zero-order chi connectivity index (χ0) is 15.9. The molecule has 3 nitrogen and oxygen atoms in total. The molecule has 2 aliphatic heterocycles. The Labute approximate surface area is 137 Å². The Morgan fingerprint density at radius 1 is 1.00 bits per heavy atom. The van der Waals surface area contributed by atoms with Crippen molar-refractivity contribution >= 4 is 0 Å². The van der Waals surface area contributed by atoms with Crippen molar-refractivity contribution < 1.29 is 9.84 Å². The van der Waals surface area contributed by atoms with E-state index in [1.807, 2.05) is 36.4 Å². The van der Waals surface area contributed by atoms with Gasteiger partial charge in [-0.05, 0) is 56.1 Å². The van der Waals surface area contributed by atoms with E-state index in [9.17, 15) is 5.11 Å². The fraction of sp³-hybridized carbons (Fsp3) is 0.400. The first-order valence-corrected chi connectivity index (χ1v) is 8.41. The topological polar surface area (TPSA) is 32.7 Å². The average molecular weight is 309 g/mol. The predicted octanol–water partition coefficient (Wildman–Crippen LogP) is 3.16. The molecule has 1 saturated heterocycles. The van der Waals surface area contributed by atoms with E-state index in [-0.39, 0.29) is 5.92 Å². The third-order valence-corrected chi connectivity index (χ3v) is 5.42. The molecule has 2 aromatic carbocycles. The fourth-order valence-corrected chi connectivity index (χ4v) is 4.09. The van der Waals surface area contributed by atoms with Crippen LogP contribution in [0.5, 0.6) is 5.75 Å². The summed E-state index contributed by atoms with van der Waals surface area (Å²) < 4.78 is 6.01. The molecule has 23 heavy (non-hydrogen) atoms. The summed E-state index contributed by atoms with van der Waals surface area (Å²) in [6, 6.07) is 16.1. The largest absolute Gasteiger partial charge is 0.488 e. The first-order valence-electron chi connectivity index (χ1n) is 8.41. The summed E-state index contributed by atoms with van der Waals surface area (Å²) in [4.78, 5) is 2.34. The zero-order valence-corrected chi connectivity index (χ0v) is 13.5. The minimum Gasteiger partial charge on any atom is -0.488 e. The number of hydrogen-bond acceptors (Lipinski definition) is 3. The first kappa shape index (κ1) is 14.7. The van der Waals surface area contributed by atoms with Gasteiger partial charge < -0.3 is 14.7 Å². The molecule has 0 amide bonds. The maximum Gasteiger partial charge on any atom is 0.126 e. The molecular weight excluding hydrogens is 286 g/mol. The van der Waals surface area contributed by atoms with E-state index in [1.165, 1.54) is 0 Å². The zero-order valence-electron chi connectivity index (χ0n) is 13.5. The minimum atomic E-state index is -0.967. The van der Waals surface area contributed by atoms with Gasteiger partial charge in [-0.2, -0.15) is 0 Å². The highest BCUT2D eigenvalue weighted by molar-refractivity contribution is 5.50. The normalized spacial score (nSPS) is 25.1. The molecule has 1 N–H and O–H groups in total. The number of hydrogen-bond donors (Lipinski definition) is 1. The molecular formula is C20H23NO2. The van der Waals surface area contributed by atoms with Crippen molar-refractivity contribution in [2.75, 3.05) is 20.1 Å². The van der Waals surface area contributed by atoms with Gasteiger partial charge >= 0.3 is 0 Å². The van der Waals surface area contributed by atoms with Crippen LogP contribution in [0.25, 0.3) is 0 Å². The lowest BCUT2D eigenvalue weighted by Crippen LogP contribution is -2.43. The first-order chi connectivity index (χ1) is 11.2. The van der Waals surface area contributed by atoms with E-state index in [0.29, 0.717) is 6.61 Å². The van der Waals surface area contributed by atoms with E-state index < -0.39 is 5.60 Å². The molecule has 4 rings (SSSR count). The summed E-state index contributed by atoms with van der Waals surface area (Å²) in [5, 5.41) is 12.0. The Morgan fingerprint density at radius 2 is 1.65 bits per heavy atom. The average Bonchev–Trinajstić information content (AvgIpc) is 2.72. The second kappa shape index (κ2) is 5.66. The molecule has 120 valence electrons. The van der Waals surface area contributed by atoms with E-state index in [1.54, 1.807) is 0 Å². The van der Waals surface area contributed by atoms with E-state index in [4.69, 9.17) is 4.74 Å². The van der Waals surface area contributed by atoms with Crippen molar-refractivity contribution in [2.24, 2.45) is 5.92 Å². The van der Waals surface area contributed by atoms with Crippen LogP contribution in [-0.2, 0) is 12.2 Å². The van der Waals surface area contributed by atoms with Gasteiger partial charge in [-0.25, -0.2) is 0 Å². The van der Waals surface area contributed by atoms with Gasteiger partial charge in [0, 0.05) is 5.56 Å². The Hall–Kier alpha value is -1.84. The van der Waals surface area contributed by atoms with Crippen LogP contribution >= 0.6 is 0 Å². The van der Waals surface area contributed by atoms with E-state index in [0.717, 1.165) is 48.4 Å². The standard InChI is InChI=1S/C20H23NO2/c1-21-12-10-16(11-13-21)20(22)17-7-3-2-6-15(17)14-23-19-9-5-4-8-18(19)20/h2-9,16,22H,10-14H2,1H3/t20-/m1/s1. The third kappa shape index (κ3) is 2.35. The summed E-state index contributed by atoms with van der Waals surface area (Å²) in [7, 11) is 2.15. The minimum absolute atomic E-state index is 0.211. The van der Waals surface area contributed by atoms with Gasteiger partial charge in [0.2, 0.25) is 0 Å². The summed E-state index contributed by atoms with van der Waals surface area (Å²) in [5.41, 5.74) is 2.05. The van der Waals surface area contributed by atoms with E-state index in [2.05, 4.69) is 24.1 Å². The predicted molar refractivity (Wildman–Crippen MR) is 90.4 cm³/mol. The number of rotatable bonds is 1. The SMILES string of the molecule is CN1CCC([C@@]2(O)c3ccccc3COc3ccccc32)CC1. The van der Waals surface area contributed by atoms with Crippen molar-refractivity contribution in [2.45, 2.75) is 25.0 Å². The molecule has 2 aliphatic rings. The Kier molecular flexibility index (Phi) is 3.63.